The number of sulfone groups is 1. The lowest BCUT2D eigenvalue weighted by molar-refractivity contribution is 0.574. The highest BCUT2D eigenvalue weighted by Crippen LogP contribution is 2.28. The van der Waals surface area contributed by atoms with Crippen LogP contribution in [0, 0.1) is 12.8 Å². The van der Waals surface area contributed by atoms with Gasteiger partial charge < -0.3 is 5.73 Å². The highest BCUT2D eigenvalue weighted by molar-refractivity contribution is 7.99. The average molecular weight is 403 g/mol. The maximum Gasteiger partial charge on any atom is 0.195 e. The third-order valence-corrected chi connectivity index (χ3v) is 7.12. The minimum absolute atomic E-state index is 0. The summed E-state index contributed by atoms with van der Waals surface area (Å²) in [6, 6.07) is 8.07. The fourth-order valence-corrected chi connectivity index (χ4v) is 5.97. The van der Waals surface area contributed by atoms with Crippen molar-refractivity contribution in [1.82, 2.24) is 14.8 Å². The first-order chi connectivity index (χ1) is 11.5. The summed E-state index contributed by atoms with van der Waals surface area (Å²) >= 11 is 1.61. The van der Waals surface area contributed by atoms with Crippen LogP contribution < -0.4 is 5.73 Å². The molecule has 0 saturated carbocycles. The van der Waals surface area contributed by atoms with Gasteiger partial charge in [-0.05, 0) is 37.3 Å². The Hall–Kier alpha value is -1.09. The van der Waals surface area contributed by atoms with E-state index in [9.17, 15) is 8.42 Å². The first-order valence-corrected chi connectivity index (χ1v) is 10.8. The smallest absolute Gasteiger partial charge is 0.195 e. The topological polar surface area (TPSA) is 90.9 Å². The molecule has 1 aromatic heterocycles. The molecule has 0 amide bonds. The summed E-state index contributed by atoms with van der Waals surface area (Å²) in [7, 11) is -2.81. The number of halogens is 1. The van der Waals surface area contributed by atoms with E-state index in [2.05, 4.69) is 10.2 Å². The Kier molecular flexibility index (Phi) is 6.90. The molecule has 2 heterocycles. The molecule has 1 aliphatic heterocycles. The molecular formula is C16H23ClN4O2S2. The number of rotatable bonds is 6. The summed E-state index contributed by atoms with van der Waals surface area (Å²) in [5.41, 5.74) is 7.98. The van der Waals surface area contributed by atoms with Gasteiger partial charge in [0.15, 0.2) is 20.8 Å². The van der Waals surface area contributed by atoms with Crippen molar-refractivity contribution in [2.75, 3.05) is 17.3 Å². The number of nitrogens with zero attached hydrogens (tertiary/aromatic N) is 3. The number of benzene rings is 1. The van der Waals surface area contributed by atoms with Crippen molar-refractivity contribution >= 4 is 34.0 Å². The lowest BCUT2D eigenvalue weighted by Gasteiger charge is -2.12. The third kappa shape index (κ3) is 4.75. The van der Waals surface area contributed by atoms with E-state index in [0.717, 1.165) is 40.8 Å². The van der Waals surface area contributed by atoms with Gasteiger partial charge in [-0.15, -0.1) is 22.6 Å². The molecule has 1 unspecified atom stereocenters. The predicted octanol–water partition coefficient (Wildman–Crippen LogP) is 2.37. The second-order valence-corrected chi connectivity index (χ2v) is 9.42. The monoisotopic (exact) mass is 402 g/mol. The Morgan fingerprint density at radius 3 is 2.72 bits per heavy atom. The van der Waals surface area contributed by atoms with E-state index >= 15 is 0 Å². The van der Waals surface area contributed by atoms with E-state index < -0.39 is 9.84 Å². The molecule has 2 N–H and O–H groups in total. The fraction of sp³-hybridized carbons (Fsp3) is 0.500. The standard InChI is InChI=1S/C16H22N4O2S2.ClH/c1-12-4-2-3-5-14(12)20-15(10-17)18-19-16(20)23-8-6-13-7-9-24(21,22)11-13;/h2-5,13H,6-11,17H2,1H3;1H. The van der Waals surface area contributed by atoms with Gasteiger partial charge in [-0.2, -0.15) is 0 Å². The fourth-order valence-electron chi connectivity index (χ4n) is 3.00. The molecule has 1 atom stereocenters. The predicted molar refractivity (Wildman–Crippen MR) is 103 cm³/mol. The van der Waals surface area contributed by atoms with E-state index in [1.807, 2.05) is 35.8 Å². The number of aromatic nitrogens is 3. The number of thioether (sulfide) groups is 1. The molecule has 9 heteroatoms. The summed E-state index contributed by atoms with van der Waals surface area (Å²) in [4.78, 5) is 0. The van der Waals surface area contributed by atoms with Gasteiger partial charge in [0.2, 0.25) is 0 Å². The third-order valence-electron chi connectivity index (χ3n) is 4.32. The number of para-hydroxylation sites is 1. The van der Waals surface area contributed by atoms with Crippen LogP contribution >= 0.6 is 24.2 Å². The van der Waals surface area contributed by atoms with E-state index in [4.69, 9.17) is 5.73 Å². The Morgan fingerprint density at radius 2 is 2.08 bits per heavy atom. The Morgan fingerprint density at radius 1 is 1.32 bits per heavy atom. The molecule has 6 nitrogen and oxygen atoms in total. The first kappa shape index (κ1) is 20.2. The number of hydrogen-bond acceptors (Lipinski definition) is 6. The number of aryl methyl sites for hydroxylation is 1. The van der Waals surface area contributed by atoms with Gasteiger partial charge in [0.05, 0.1) is 23.7 Å². The van der Waals surface area contributed by atoms with Gasteiger partial charge in [-0.3, -0.25) is 4.57 Å². The van der Waals surface area contributed by atoms with Gasteiger partial charge in [0.1, 0.15) is 0 Å². The maximum atomic E-state index is 11.5. The summed E-state index contributed by atoms with van der Waals surface area (Å²) in [6.45, 7) is 2.37. The maximum absolute atomic E-state index is 11.5. The molecule has 0 aliphatic carbocycles. The zero-order chi connectivity index (χ0) is 17.2. The van der Waals surface area contributed by atoms with Crippen LogP contribution in [0.25, 0.3) is 5.69 Å². The first-order valence-electron chi connectivity index (χ1n) is 8.04. The lowest BCUT2D eigenvalue weighted by Crippen LogP contribution is -2.09. The van der Waals surface area contributed by atoms with Crippen molar-refractivity contribution in [3.05, 3.63) is 35.7 Å². The highest BCUT2D eigenvalue weighted by Gasteiger charge is 2.27. The largest absolute Gasteiger partial charge is 0.324 e. The minimum Gasteiger partial charge on any atom is -0.324 e. The molecule has 3 rings (SSSR count). The Balaban J connectivity index is 0.00000225. The molecule has 1 fully saturated rings. The normalized spacial score (nSPS) is 18.9. The summed E-state index contributed by atoms with van der Waals surface area (Å²) < 4.78 is 25.1. The quantitative estimate of drug-likeness (QED) is 0.746. The summed E-state index contributed by atoms with van der Waals surface area (Å²) in [5.74, 6) is 2.49. The molecule has 0 spiro atoms. The van der Waals surface area contributed by atoms with Gasteiger partial charge in [0, 0.05) is 5.75 Å². The Labute approximate surface area is 158 Å². The van der Waals surface area contributed by atoms with E-state index in [1.165, 1.54) is 0 Å². The van der Waals surface area contributed by atoms with Crippen LogP contribution in [-0.4, -0.2) is 40.4 Å². The van der Waals surface area contributed by atoms with Crippen molar-refractivity contribution in [3.63, 3.8) is 0 Å². The average Bonchev–Trinajstić information content (AvgIpc) is 3.11. The second-order valence-electron chi connectivity index (χ2n) is 6.13. The molecule has 1 saturated heterocycles. The van der Waals surface area contributed by atoms with Gasteiger partial charge in [-0.1, -0.05) is 30.0 Å². The van der Waals surface area contributed by atoms with Crippen LogP contribution in [0.2, 0.25) is 0 Å². The van der Waals surface area contributed by atoms with Crippen molar-refractivity contribution < 1.29 is 8.42 Å². The van der Waals surface area contributed by atoms with Crippen LogP contribution in [0.5, 0.6) is 0 Å². The summed E-state index contributed by atoms with van der Waals surface area (Å²) in [6.07, 6.45) is 1.66. The zero-order valence-electron chi connectivity index (χ0n) is 14.1. The van der Waals surface area contributed by atoms with Gasteiger partial charge in [0.25, 0.3) is 0 Å². The molecule has 0 radical (unpaired) electrons. The number of hydrogen-bond donors (Lipinski definition) is 1. The SMILES string of the molecule is Cc1ccccc1-n1c(CN)nnc1SCCC1CCS(=O)(=O)C1.Cl. The highest BCUT2D eigenvalue weighted by atomic mass is 35.5. The van der Waals surface area contributed by atoms with Crippen molar-refractivity contribution in [1.29, 1.82) is 0 Å². The molecule has 138 valence electrons. The van der Waals surface area contributed by atoms with Crippen LogP contribution in [-0.2, 0) is 16.4 Å². The second kappa shape index (κ2) is 8.53. The van der Waals surface area contributed by atoms with Gasteiger partial charge in [-0.25, -0.2) is 8.42 Å². The number of nitrogens with two attached hydrogens (primary N) is 1. The van der Waals surface area contributed by atoms with Gasteiger partial charge >= 0.3 is 0 Å². The van der Waals surface area contributed by atoms with Crippen LogP contribution in [0.4, 0.5) is 0 Å². The molecular weight excluding hydrogens is 380 g/mol. The molecule has 0 bridgehead atoms. The van der Waals surface area contributed by atoms with Crippen LogP contribution in [0.15, 0.2) is 29.4 Å². The van der Waals surface area contributed by atoms with Crippen LogP contribution in [0.3, 0.4) is 0 Å². The van der Waals surface area contributed by atoms with Crippen molar-refractivity contribution in [2.45, 2.75) is 31.5 Å². The van der Waals surface area contributed by atoms with E-state index in [1.54, 1.807) is 11.8 Å². The summed E-state index contributed by atoms with van der Waals surface area (Å²) in [5, 5.41) is 9.28. The van der Waals surface area contributed by atoms with E-state index in [0.29, 0.717) is 18.1 Å². The minimum atomic E-state index is -2.81. The lowest BCUT2D eigenvalue weighted by atomic mass is 10.1. The van der Waals surface area contributed by atoms with Crippen molar-refractivity contribution in [2.24, 2.45) is 11.7 Å². The molecule has 2 aromatic rings. The van der Waals surface area contributed by atoms with Crippen molar-refractivity contribution in [3.8, 4) is 5.69 Å². The molecule has 25 heavy (non-hydrogen) atoms. The van der Waals surface area contributed by atoms with E-state index in [-0.39, 0.29) is 18.3 Å². The molecule has 1 aromatic carbocycles. The molecule has 1 aliphatic rings. The van der Waals surface area contributed by atoms with Crippen LogP contribution in [0.1, 0.15) is 24.2 Å². The zero-order valence-corrected chi connectivity index (χ0v) is 16.5. The Bertz CT molecular complexity index is 823.